The molecule has 0 heterocycles. The predicted octanol–water partition coefficient (Wildman–Crippen LogP) is 4.63. The molecule has 146 valence electrons. The number of rotatable bonds is 9. The predicted molar refractivity (Wildman–Crippen MR) is 110 cm³/mol. The molecule has 2 aromatic rings. The SMILES string of the molecule is COCCCNC(=O)/C(C#N)=C\c1ccccc1OCc1ccc(Cl)cc1Cl. The molecule has 0 spiro atoms. The molecule has 5 nitrogen and oxygen atoms in total. The zero-order chi connectivity index (χ0) is 20.4. The molecule has 0 atom stereocenters. The van der Waals surface area contributed by atoms with Crippen LogP contribution in [0.15, 0.2) is 48.0 Å². The second-order valence-corrected chi connectivity index (χ2v) is 6.68. The molecule has 0 saturated heterocycles. The van der Waals surface area contributed by atoms with Crippen LogP contribution in [0, 0.1) is 11.3 Å². The zero-order valence-electron chi connectivity index (χ0n) is 15.4. The van der Waals surface area contributed by atoms with E-state index in [0.717, 1.165) is 5.56 Å². The Kier molecular flexibility index (Phi) is 8.83. The first-order chi connectivity index (χ1) is 13.5. The molecule has 7 heteroatoms. The van der Waals surface area contributed by atoms with E-state index < -0.39 is 5.91 Å². The Morgan fingerprint density at radius 2 is 2.04 bits per heavy atom. The van der Waals surface area contributed by atoms with Gasteiger partial charge in [-0.1, -0.05) is 47.5 Å². The molecule has 2 aromatic carbocycles. The van der Waals surface area contributed by atoms with Gasteiger partial charge in [-0.25, -0.2) is 0 Å². The fourth-order valence-electron chi connectivity index (χ4n) is 2.34. The zero-order valence-corrected chi connectivity index (χ0v) is 16.9. The van der Waals surface area contributed by atoms with Gasteiger partial charge in [0.05, 0.1) is 0 Å². The van der Waals surface area contributed by atoms with Gasteiger partial charge in [0.25, 0.3) is 5.91 Å². The summed E-state index contributed by atoms with van der Waals surface area (Å²) in [7, 11) is 1.59. The standard InChI is InChI=1S/C21H20Cl2N2O3/c1-27-10-4-9-25-21(26)17(13-24)11-15-5-2-3-6-20(15)28-14-16-7-8-18(22)12-19(16)23/h2-3,5-8,11-12H,4,9-10,14H2,1H3,(H,25,26)/b17-11-. The van der Waals surface area contributed by atoms with Gasteiger partial charge in [0.2, 0.25) is 0 Å². The molecule has 28 heavy (non-hydrogen) atoms. The molecular formula is C21H20Cl2N2O3. The number of hydrogen-bond acceptors (Lipinski definition) is 4. The fourth-order valence-corrected chi connectivity index (χ4v) is 2.81. The van der Waals surface area contributed by atoms with E-state index in [1.165, 1.54) is 6.08 Å². The van der Waals surface area contributed by atoms with Crippen molar-refractivity contribution < 1.29 is 14.3 Å². The third kappa shape index (κ3) is 6.58. The third-order valence-electron chi connectivity index (χ3n) is 3.79. The summed E-state index contributed by atoms with van der Waals surface area (Å²) in [5, 5.41) is 13.1. The lowest BCUT2D eigenvalue weighted by molar-refractivity contribution is -0.117. The number of carbonyl (C=O) groups is 1. The minimum absolute atomic E-state index is 0.00186. The maximum atomic E-state index is 12.2. The van der Waals surface area contributed by atoms with Gasteiger partial charge < -0.3 is 14.8 Å². The summed E-state index contributed by atoms with van der Waals surface area (Å²) in [6.07, 6.45) is 2.17. The second-order valence-electron chi connectivity index (χ2n) is 5.83. The van der Waals surface area contributed by atoms with Gasteiger partial charge in [0.15, 0.2) is 0 Å². The van der Waals surface area contributed by atoms with Crippen LogP contribution >= 0.6 is 23.2 Å². The molecule has 2 rings (SSSR count). The van der Waals surface area contributed by atoms with Crippen LogP contribution < -0.4 is 10.1 Å². The van der Waals surface area contributed by atoms with Crippen molar-refractivity contribution in [3.8, 4) is 11.8 Å². The van der Waals surface area contributed by atoms with Crippen LogP contribution in [-0.4, -0.2) is 26.2 Å². The third-order valence-corrected chi connectivity index (χ3v) is 4.38. The monoisotopic (exact) mass is 418 g/mol. The van der Waals surface area contributed by atoms with Crippen LogP contribution in [0.2, 0.25) is 10.0 Å². The number of nitrogens with zero attached hydrogens (tertiary/aromatic N) is 1. The second kappa shape index (κ2) is 11.4. The lowest BCUT2D eigenvalue weighted by Crippen LogP contribution is -2.26. The highest BCUT2D eigenvalue weighted by Crippen LogP contribution is 2.25. The Morgan fingerprint density at radius 1 is 1.25 bits per heavy atom. The van der Waals surface area contributed by atoms with E-state index in [0.29, 0.717) is 40.9 Å². The van der Waals surface area contributed by atoms with E-state index >= 15 is 0 Å². The number of carbonyl (C=O) groups excluding carboxylic acids is 1. The summed E-state index contributed by atoms with van der Waals surface area (Å²) in [6.45, 7) is 1.20. The first-order valence-corrected chi connectivity index (χ1v) is 9.35. The number of hydrogen-bond donors (Lipinski definition) is 1. The van der Waals surface area contributed by atoms with Crippen LogP contribution in [0.5, 0.6) is 5.75 Å². The normalized spacial score (nSPS) is 11.0. The van der Waals surface area contributed by atoms with Crippen LogP contribution in [-0.2, 0) is 16.1 Å². The highest BCUT2D eigenvalue weighted by atomic mass is 35.5. The summed E-state index contributed by atoms with van der Waals surface area (Å²) in [6, 6.07) is 14.3. The van der Waals surface area contributed by atoms with Crippen LogP contribution in [0.3, 0.4) is 0 Å². The summed E-state index contributed by atoms with van der Waals surface area (Å²) >= 11 is 12.1. The molecule has 1 amide bonds. The first-order valence-electron chi connectivity index (χ1n) is 8.60. The quantitative estimate of drug-likeness (QED) is 0.366. The number of amides is 1. The van der Waals surface area contributed by atoms with Gasteiger partial charge in [-0.05, 0) is 30.7 Å². The Balaban J connectivity index is 2.12. The Hall–Kier alpha value is -2.52. The van der Waals surface area contributed by atoms with E-state index in [4.69, 9.17) is 32.7 Å². The van der Waals surface area contributed by atoms with Crippen molar-refractivity contribution >= 4 is 35.2 Å². The molecule has 1 N–H and O–H groups in total. The van der Waals surface area contributed by atoms with E-state index in [9.17, 15) is 10.1 Å². The molecule has 0 aliphatic heterocycles. The lowest BCUT2D eigenvalue weighted by atomic mass is 10.1. The molecule has 0 unspecified atom stereocenters. The Labute approximate surface area is 174 Å². The Bertz CT molecular complexity index is 891. The molecule has 0 aliphatic carbocycles. The van der Waals surface area contributed by atoms with Crippen LogP contribution in [0.4, 0.5) is 0 Å². The maximum Gasteiger partial charge on any atom is 0.261 e. The molecule has 0 radical (unpaired) electrons. The molecule has 0 bridgehead atoms. The van der Waals surface area contributed by atoms with Gasteiger partial charge in [-0.2, -0.15) is 5.26 Å². The van der Waals surface area contributed by atoms with Crippen LogP contribution in [0.1, 0.15) is 17.5 Å². The minimum Gasteiger partial charge on any atom is -0.488 e. The number of halogens is 2. The summed E-state index contributed by atoms with van der Waals surface area (Å²) in [5.74, 6) is 0.0996. The van der Waals surface area contributed by atoms with Crippen molar-refractivity contribution in [1.29, 1.82) is 5.26 Å². The first kappa shape index (κ1) is 21.8. The van der Waals surface area contributed by atoms with Gasteiger partial charge in [0.1, 0.15) is 24.0 Å². The van der Waals surface area contributed by atoms with Crippen LogP contribution in [0.25, 0.3) is 6.08 Å². The number of benzene rings is 2. The van der Waals surface area contributed by atoms with Crippen molar-refractivity contribution in [2.24, 2.45) is 0 Å². The molecule has 0 aliphatic rings. The summed E-state index contributed by atoms with van der Waals surface area (Å²) in [4.78, 5) is 12.2. The van der Waals surface area contributed by atoms with Crippen molar-refractivity contribution in [1.82, 2.24) is 5.32 Å². The van der Waals surface area contributed by atoms with E-state index in [1.54, 1.807) is 43.5 Å². The molecule has 0 saturated carbocycles. The van der Waals surface area contributed by atoms with Gasteiger partial charge >= 0.3 is 0 Å². The smallest absolute Gasteiger partial charge is 0.261 e. The highest BCUT2D eigenvalue weighted by molar-refractivity contribution is 6.35. The number of methoxy groups -OCH3 is 1. The summed E-state index contributed by atoms with van der Waals surface area (Å²) < 4.78 is 10.8. The van der Waals surface area contributed by atoms with Crippen molar-refractivity contribution in [2.75, 3.05) is 20.3 Å². The van der Waals surface area contributed by atoms with Crippen molar-refractivity contribution in [3.05, 3.63) is 69.2 Å². The topological polar surface area (TPSA) is 71.3 Å². The molecule has 0 fully saturated rings. The number of nitriles is 1. The molecule has 0 aromatic heterocycles. The highest BCUT2D eigenvalue weighted by Gasteiger charge is 2.11. The van der Waals surface area contributed by atoms with Gasteiger partial charge in [0, 0.05) is 41.4 Å². The number of ether oxygens (including phenoxy) is 2. The average Bonchev–Trinajstić information content (AvgIpc) is 2.69. The van der Waals surface area contributed by atoms with E-state index in [1.807, 2.05) is 12.1 Å². The largest absolute Gasteiger partial charge is 0.488 e. The number of nitrogens with one attached hydrogen (secondary N) is 1. The Morgan fingerprint density at radius 3 is 2.75 bits per heavy atom. The molecular weight excluding hydrogens is 399 g/mol. The minimum atomic E-state index is -0.436. The lowest BCUT2D eigenvalue weighted by Gasteiger charge is -2.11. The fraction of sp³-hybridized carbons (Fsp3) is 0.238. The van der Waals surface area contributed by atoms with Gasteiger partial charge in [-0.3, -0.25) is 4.79 Å². The average molecular weight is 419 g/mol. The maximum absolute atomic E-state index is 12.2. The summed E-state index contributed by atoms with van der Waals surface area (Å²) in [5.41, 5.74) is 1.40. The van der Waals surface area contributed by atoms with Gasteiger partial charge in [-0.15, -0.1) is 0 Å². The number of para-hydroxylation sites is 1. The van der Waals surface area contributed by atoms with Crippen molar-refractivity contribution in [3.63, 3.8) is 0 Å². The van der Waals surface area contributed by atoms with Crippen molar-refractivity contribution in [2.45, 2.75) is 13.0 Å². The van der Waals surface area contributed by atoms with E-state index in [-0.39, 0.29) is 12.2 Å². The van der Waals surface area contributed by atoms with E-state index in [2.05, 4.69) is 5.32 Å².